The van der Waals surface area contributed by atoms with E-state index in [4.69, 9.17) is 4.74 Å². The fourth-order valence-electron chi connectivity index (χ4n) is 2.23. The molecule has 1 aliphatic rings. The van der Waals surface area contributed by atoms with Crippen LogP contribution in [0.3, 0.4) is 0 Å². The Labute approximate surface area is 111 Å². The molecule has 0 fully saturated rings. The second-order valence-electron chi connectivity index (χ2n) is 4.30. The molecule has 2 aromatic carbocycles. The molecule has 0 bridgehead atoms. The molecule has 1 N–H and O–H groups in total. The van der Waals surface area contributed by atoms with Crippen molar-refractivity contribution in [1.29, 1.82) is 0 Å². The molecule has 1 heterocycles. The summed E-state index contributed by atoms with van der Waals surface area (Å²) in [5.74, 6) is 0.727. The van der Waals surface area contributed by atoms with E-state index in [1.54, 1.807) is 7.11 Å². The van der Waals surface area contributed by atoms with Gasteiger partial charge in [-0.25, -0.2) is 0 Å². The normalized spacial score (nSPS) is 15.2. The maximum absolute atomic E-state index is 11.8. The van der Waals surface area contributed by atoms with E-state index in [1.807, 2.05) is 54.6 Å². The van der Waals surface area contributed by atoms with Crippen molar-refractivity contribution in [2.45, 2.75) is 0 Å². The first kappa shape index (κ1) is 11.5. The monoisotopic (exact) mass is 251 g/mol. The average molecular weight is 251 g/mol. The first-order chi connectivity index (χ1) is 9.29. The van der Waals surface area contributed by atoms with Gasteiger partial charge in [-0.05, 0) is 18.2 Å². The quantitative estimate of drug-likeness (QED) is 0.891. The molecule has 0 saturated heterocycles. The highest BCUT2D eigenvalue weighted by Gasteiger charge is 2.22. The summed E-state index contributed by atoms with van der Waals surface area (Å²) in [6.07, 6.45) is 1.93. The highest BCUT2D eigenvalue weighted by Crippen LogP contribution is 2.28. The smallest absolute Gasteiger partial charge is 0.256 e. The first-order valence-electron chi connectivity index (χ1n) is 6.05. The van der Waals surface area contributed by atoms with Crippen LogP contribution < -0.4 is 10.1 Å². The molecule has 94 valence electrons. The molecule has 0 aromatic heterocycles. The zero-order valence-corrected chi connectivity index (χ0v) is 10.5. The predicted molar refractivity (Wildman–Crippen MR) is 74.8 cm³/mol. The van der Waals surface area contributed by atoms with Gasteiger partial charge in [-0.2, -0.15) is 0 Å². The maximum atomic E-state index is 11.8. The fraction of sp³-hybridized carbons (Fsp3) is 0.0625. The van der Waals surface area contributed by atoms with Crippen LogP contribution in [0.4, 0.5) is 0 Å². The van der Waals surface area contributed by atoms with E-state index < -0.39 is 0 Å². The van der Waals surface area contributed by atoms with Crippen LogP contribution in [0, 0.1) is 0 Å². The maximum Gasteiger partial charge on any atom is 0.256 e. The molecule has 0 atom stereocenters. The van der Waals surface area contributed by atoms with Gasteiger partial charge >= 0.3 is 0 Å². The third kappa shape index (κ3) is 1.99. The van der Waals surface area contributed by atoms with E-state index >= 15 is 0 Å². The van der Waals surface area contributed by atoms with Crippen LogP contribution in [0.2, 0.25) is 0 Å². The van der Waals surface area contributed by atoms with Crippen LogP contribution in [0.5, 0.6) is 5.75 Å². The number of carbonyl (C=O) groups excluding carboxylic acids is 1. The summed E-state index contributed by atoms with van der Waals surface area (Å²) in [6.45, 7) is 0. The molecule has 3 nitrogen and oxygen atoms in total. The summed E-state index contributed by atoms with van der Waals surface area (Å²) in [6, 6.07) is 15.3. The van der Waals surface area contributed by atoms with Crippen molar-refractivity contribution in [3.05, 3.63) is 65.2 Å². The van der Waals surface area contributed by atoms with E-state index in [9.17, 15) is 4.79 Å². The number of rotatable bonds is 2. The number of hydrogen-bond donors (Lipinski definition) is 1. The number of methoxy groups -OCH3 is 1. The summed E-state index contributed by atoms with van der Waals surface area (Å²) in [5, 5.41) is 2.89. The standard InChI is InChI=1S/C16H13NO2/c1-19-15-9-5-2-6-11(15)10-14-12-7-3-4-8-13(12)16(18)17-14/h2-10H,1H3,(H,17,18)/b14-10+. The van der Waals surface area contributed by atoms with Gasteiger partial charge in [0.05, 0.1) is 7.11 Å². The lowest BCUT2D eigenvalue weighted by molar-refractivity contribution is 0.0981. The lowest BCUT2D eigenvalue weighted by atomic mass is 10.1. The van der Waals surface area contributed by atoms with Crippen LogP contribution in [-0.2, 0) is 0 Å². The van der Waals surface area contributed by atoms with Crippen molar-refractivity contribution in [2.75, 3.05) is 7.11 Å². The van der Waals surface area contributed by atoms with Gasteiger partial charge in [0.2, 0.25) is 0 Å². The molecule has 19 heavy (non-hydrogen) atoms. The molecule has 2 aromatic rings. The van der Waals surface area contributed by atoms with E-state index in [0.29, 0.717) is 5.56 Å². The highest BCUT2D eigenvalue weighted by molar-refractivity contribution is 6.11. The van der Waals surface area contributed by atoms with Gasteiger partial charge in [0.25, 0.3) is 5.91 Å². The van der Waals surface area contributed by atoms with Crippen LogP contribution >= 0.6 is 0 Å². The van der Waals surface area contributed by atoms with Gasteiger partial charge in [0.15, 0.2) is 0 Å². The number of amides is 1. The number of carbonyl (C=O) groups is 1. The first-order valence-corrected chi connectivity index (χ1v) is 6.05. The zero-order valence-electron chi connectivity index (χ0n) is 10.5. The number of nitrogens with one attached hydrogen (secondary N) is 1. The molecule has 1 amide bonds. The Kier molecular flexibility index (Phi) is 2.80. The van der Waals surface area contributed by atoms with Crippen molar-refractivity contribution in [3.63, 3.8) is 0 Å². The molecule has 1 aliphatic heterocycles. The van der Waals surface area contributed by atoms with Gasteiger partial charge < -0.3 is 10.1 Å². The SMILES string of the molecule is COc1ccccc1/C=C1/NC(=O)c2ccccc21. The Hall–Kier alpha value is -2.55. The summed E-state index contributed by atoms with van der Waals surface area (Å²) >= 11 is 0. The van der Waals surface area contributed by atoms with Crippen LogP contribution in [0.1, 0.15) is 21.5 Å². The Morgan fingerprint density at radius 1 is 1.00 bits per heavy atom. The minimum atomic E-state index is -0.0586. The molecular formula is C16H13NO2. The third-order valence-electron chi connectivity index (χ3n) is 3.15. The number of benzene rings is 2. The van der Waals surface area contributed by atoms with Crippen LogP contribution in [0.15, 0.2) is 48.5 Å². The van der Waals surface area contributed by atoms with Crippen molar-refractivity contribution in [1.82, 2.24) is 5.32 Å². The molecule has 0 radical (unpaired) electrons. The summed E-state index contributed by atoms with van der Waals surface area (Å²) in [7, 11) is 1.64. The number of hydrogen-bond acceptors (Lipinski definition) is 2. The third-order valence-corrected chi connectivity index (χ3v) is 3.15. The van der Waals surface area contributed by atoms with E-state index in [2.05, 4.69) is 5.32 Å². The topological polar surface area (TPSA) is 38.3 Å². The zero-order chi connectivity index (χ0) is 13.2. The lowest BCUT2D eigenvalue weighted by Gasteiger charge is -2.05. The summed E-state index contributed by atoms with van der Waals surface area (Å²) in [4.78, 5) is 11.8. The van der Waals surface area contributed by atoms with Gasteiger partial charge in [0.1, 0.15) is 5.75 Å². The van der Waals surface area contributed by atoms with E-state index in [0.717, 1.165) is 22.6 Å². The predicted octanol–water partition coefficient (Wildman–Crippen LogP) is 2.94. The van der Waals surface area contributed by atoms with Crippen molar-refractivity contribution in [2.24, 2.45) is 0 Å². The molecule has 0 aliphatic carbocycles. The lowest BCUT2D eigenvalue weighted by Crippen LogP contribution is -2.11. The van der Waals surface area contributed by atoms with Crippen LogP contribution in [0.25, 0.3) is 11.8 Å². The van der Waals surface area contributed by atoms with E-state index in [-0.39, 0.29) is 5.91 Å². The fourth-order valence-corrected chi connectivity index (χ4v) is 2.23. The van der Waals surface area contributed by atoms with Gasteiger partial charge in [-0.15, -0.1) is 0 Å². The number of fused-ring (bicyclic) bond motifs is 1. The molecule has 3 rings (SSSR count). The second-order valence-corrected chi connectivity index (χ2v) is 4.30. The molecule has 3 heteroatoms. The number of para-hydroxylation sites is 1. The molecule has 0 unspecified atom stereocenters. The number of ether oxygens (including phenoxy) is 1. The largest absolute Gasteiger partial charge is 0.496 e. The van der Waals surface area contributed by atoms with Crippen molar-refractivity contribution in [3.8, 4) is 5.75 Å². The van der Waals surface area contributed by atoms with Gasteiger partial charge in [-0.3, -0.25) is 4.79 Å². The van der Waals surface area contributed by atoms with Crippen LogP contribution in [-0.4, -0.2) is 13.0 Å². The molecule has 0 saturated carbocycles. The minimum absolute atomic E-state index is 0.0586. The Morgan fingerprint density at radius 2 is 1.68 bits per heavy atom. The van der Waals surface area contributed by atoms with Gasteiger partial charge in [0, 0.05) is 22.4 Å². The average Bonchev–Trinajstić information content (AvgIpc) is 2.77. The molecule has 0 spiro atoms. The second kappa shape index (κ2) is 4.61. The molecular weight excluding hydrogens is 238 g/mol. The van der Waals surface area contributed by atoms with Gasteiger partial charge in [-0.1, -0.05) is 36.4 Å². The summed E-state index contributed by atoms with van der Waals surface area (Å²) in [5.41, 5.74) is 3.39. The Morgan fingerprint density at radius 3 is 2.47 bits per heavy atom. The Balaban J connectivity index is 2.09. The highest BCUT2D eigenvalue weighted by atomic mass is 16.5. The minimum Gasteiger partial charge on any atom is -0.496 e. The van der Waals surface area contributed by atoms with Crippen molar-refractivity contribution >= 4 is 17.7 Å². The summed E-state index contributed by atoms with van der Waals surface area (Å²) < 4.78 is 5.31. The Bertz CT molecular complexity index is 674. The van der Waals surface area contributed by atoms with E-state index in [1.165, 1.54) is 0 Å². The van der Waals surface area contributed by atoms with Crippen molar-refractivity contribution < 1.29 is 9.53 Å².